The maximum Gasteiger partial charge on any atom is 0.306 e. The summed E-state index contributed by atoms with van der Waals surface area (Å²) in [4.78, 5) is 22.6. The molecule has 2 rings (SSSR count). The largest absolute Gasteiger partial charge is 0.481 e. The van der Waals surface area contributed by atoms with Crippen LogP contribution in [-0.2, 0) is 9.59 Å². The van der Waals surface area contributed by atoms with Crippen LogP contribution in [0.25, 0.3) is 0 Å². The normalized spacial score (nSPS) is 31.8. The molecule has 1 amide bonds. The molecule has 0 radical (unpaired) electrons. The molecule has 2 fully saturated rings. The Balaban J connectivity index is 1.79. The standard InChI is InChI=1S/C12H19NO3/c1-12(6-7-12)13-10(14)8-2-4-9(5-3-8)11(15)16/h8-9H,2-7H2,1H3,(H,13,14)(H,15,16). The first-order valence-corrected chi connectivity index (χ1v) is 6.05. The van der Waals surface area contributed by atoms with Crippen LogP contribution in [-0.4, -0.2) is 22.5 Å². The summed E-state index contributed by atoms with van der Waals surface area (Å²) < 4.78 is 0. The number of carboxylic acid groups (broad SMARTS) is 1. The summed E-state index contributed by atoms with van der Waals surface area (Å²) in [5.74, 6) is -0.787. The Bertz CT molecular complexity index is 301. The van der Waals surface area contributed by atoms with Crippen molar-refractivity contribution in [3.05, 3.63) is 0 Å². The van der Waals surface area contributed by atoms with Crippen LogP contribution in [0.5, 0.6) is 0 Å². The highest BCUT2D eigenvalue weighted by molar-refractivity contribution is 5.80. The van der Waals surface area contributed by atoms with E-state index in [4.69, 9.17) is 5.11 Å². The predicted molar refractivity (Wildman–Crippen MR) is 58.9 cm³/mol. The number of amides is 1. The summed E-state index contributed by atoms with van der Waals surface area (Å²) in [7, 11) is 0. The van der Waals surface area contributed by atoms with Crippen molar-refractivity contribution < 1.29 is 14.7 Å². The van der Waals surface area contributed by atoms with Crippen molar-refractivity contribution in [3.63, 3.8) is 0 Å². The van der Waals surface area contributed by atoms with Gasteiger partial charge in [-0.2, -0.15) is 0 Å². The molecule has 4 heteroatoms. The van der Waals surface area contributed by atoms with Gasteiger partial charge in [0.05, 0.1) is 5.92 Å². The monoisotopic (exact) mass is 225 g/mol. The molecule has 0 saturated heterocycles. The zero-order valence-corrected chi connectivity index (χ0v) is 9.66. The van der Waals surface area contributed by atoms with Crippen molar-refractivity contribution in [1.29, 1.82) is 0 Å². The van der Waals surface area contributed by atoms with Gasteiger partial charge in [-0.25, -0.2) is 0 Å². The highest BCUT2D eigenvalue weighted by atomic mass is 16.4. The molecule has 0 aromatic carbocycles. The number of nitrogens with one attached hydrogen (secondary N) is 1. The van der Waals surface area contributed by atoms with Gasteiger partial charge in [0, 0.05) is 11.5 Å². The van der Waals surface area contributed by atoms with E-state index in [1.807, 2.05) is 0 Å². The van der Waals surface area contributed by atoms with Crippen LogP contribution in [0, 0.1) is 11.8 Å². The first-order chi connectivity index (χ1) is 7.50. The molecule has 2 saturated carbocycles. The maximum atomic E-state index is 11.9. The first-order valence-electron chi connectivity index (χ1n) is 6.05. The van der Waals surface area contributed by atoms with Gasteiger partial charge < -0.3 is 10.4 Å². The molecule has 0 unspecified atom stereocenters. The van der Waals surface area contributed by atoms with E-state index >= 15 is 0 Å². The molecule has 0 aromatic rings. The molecule has 16 heavy (non-hydrogen) atoms. The van der Waals surface area contributed by atoms with Crippen LogP contribution in [0.4, 0.5) is 0 Å². The average Bonchev–Trinajstić information content (AvgIpc) is 2.96. The quantitative estimate of drug-likeness (QED) is 0.765. The van der Waals surface area contributed by atoms with Crippen molar-refractivity contribution in [1.82, 2.24) is 5.32 Å². The second-order valence-electron chi connectivity index (χ2n) is 5.44. The fourth-order valence-electron chi connectivity index (χ4n) is 2.31. The highest BCUT2D eigenvalue weighted by Gasteiger charge is 2.40. The summed E-state index contributed by atoms with van der Waals surface area (Å²) in [5.41, 5.74) is 0.0424. The Hall–Kier alpha value is -1.06. The van der Waals surface area contributed by atoms with E-state index in [9.17, 15) is 9.59 Å². The van der Waals surface area contributed by atoms with Gasteiger partial charge >= 0.3 is 5.97 Å². The van der Waals surface area contributed by atoms with E-state index in [-0.39, 0.29) is 23.3 Å². The Morgan fingerprint density at radius 2 is 1.62 bits per heavy atom. The van der Waals surface area contributed by atoms with Crippen LogP contribution >= 0.6 is 0 Å². The van der Waals surface area contributed by atoms with Crippen molar-refractivity contribution >= 4 is 11.9 Å². The van der Waals surface area contributed by atoms with Crippen molar-refractivity contribution in [2.24, 2.45) is 11.8 Å². The van der Waals surface area contributed by atoms with Gasteiger partial charge in [0.1, 0.15) is 0 Å². The van der Waals surface area contributed by atoms with Crippen LogP contribution in [0.1, 0.15) is 45.4 Å². The lowest BCUT2D eigenvalue weighted by Gasteiger charge is -2.26. The topological polar surface area (TPSA) is 66.4 Å². The molecule has 90 valence electrons. The second-order valence-corrected chi connectivity index (χ2v) is 5.44. The minimum absolute atomic E-state index is 0.0352. The number of hydrogen-bond donors (Lipinski definition) is 2. The smallest absolute Gasteiger partial charge is 0.306 e. The third-order valence-corrected chi connectivity index (χ3v) is 3.87. The van der Waals surface area contributed by atoms with Crippen molar-refractivity contribution in [2.45, 2.75) is 51.0 Å². The van der Waals surface area contributed by atoms with E-state index < -0.39 is 5.97 Å². The van der Waals surface area contributed by atoms with Gasteiger partial charge in [0.15, 0.2) is 0 Å². The lowest BCUT2D eigenvalue weighted by atomic mass is 9.81. The number of carboxylic acids is 1. The van der Waals surface area contributed by atoms with Crippen molar-refractivity contribution in [2.75, 3.05) is 0 Å². The maximum absolute atomic E-state index is 11.9. The predicted octanol–water partition coefficient (Wildman–Crippen LogP) is 1.55. The third kappa shape index (κ3) is 2.54. The molecule has 0 aromatic heterocycles. The molecule has 0 spiro atoms. The van der Waals surface area contributed by atoms with Crippen LogP contribution in [0.3, 0.4) is 0 Å². The summed E-state index contributed by atoms with van der Waals surface area (Å²) in [6.45, 7) is 2.06. The second kappa shape index (κ2) is 4.07. The molecule has 0 aliphatic heterocycles. The minimum Gasteiger partial charge on any atom is -0.481 e. The summed E-state index contributed by atoms with van der Waals surface area (Å²) in [6.07, 6.45) is 4.87. The molecule has 0 atom stereocenters. The van der Waals surface area contributed by atoms with Gasteiger partial charge in [0.2, 0.25) is 5.91 Å². The molecular weight excluding hydrogens is 206 g/mol. The number of carbonyl (C=O) groups is 2. The zero-order valence-electron chi connectivity index (χ0n) is 9.66. The average molecular weight is 225 g/mol. The molecule has 0 heterocycles. The van der Waals surface area contributed by atoms with Crippen LogP contribution in [0.2, 0.25) is 0 Å². The van der Waals surface area contributed by atoms with Gasteiger partial charge in [-0.1, -0.05) is 0 Å². The van der Waals surface area contributed by atoms with Gasteiger partial charge in [-0.3, -0.25) is 9.59 Å². The summed E-state index contributed by atoms with van der Waals surface area (Å²) >= 11 is 0. The SMILES string of the molecule is CC1(NC(=O)C2CCC(C(=O)O)CC2)CC1. The lowest BCUT2D eigenvalue weighted by molar-refractivity contribution is -0.144. The molecule has 0 bridgehead atoms. The number of aliphatic carboxylic acids is 1. The summed E-state index contributed by atoms with van der Waals surface area (Å²) in [6, 6.07) is 0. The Morgan fingerprint density at radius 3 is 2.06 bits per heavy atom. The fraction of sp³-hybridized carbons (Fsp3) is 0.833. The minimum atomic E-state index is -0.715. The number of carbonyl (C=O) groups excluding carboxylic acids is 1. The van der Waals surface area contributed by atoms with E-state index in [0.29, 0.717) is 12.8 Å². The molecule has 4 nitrogen and oxygen atoms in total. The van der Waals surface area contributed by atoms with Gasteiger partial charge in [0.25, 0.3) is 0 Å². The Kier molecular flexibility index (Phi) is 2.91. The number of rotatable bonds is 3. The van der Waals surface area contributed by atoms with E-state index in [1.165, 1.54) is 0 Å². The number of hydrogen-bond acceptors (Lipinski definition) is 2. The summed E-state index contributed by atoms with van der Waals surface area (Å²) in [5, 5.41) is 11.9. The molecule has 2 N–H and O–H groups in total. The van der Waals surface area contributed by atoms with Crippen LogP contribution < -0.4 is 5.32 Å². The highest BCUT2D eigenvalue weighted by Crippen LogP contribution is 2.36. The van der Waals surface area contributed by atoms with E-state index in [2.05, 4.69) is 12.2 Å². The van der Waals surface area contributed by atoms with Gasteiger partial charge in [-0.15, -0.1) is 0 Å². The third-order valence-electron chi connectivity index (χ3n) is 3.87. The molecule has 2 aliphatic carbocycles. The van der Waals surface area contributed by atoms with E-state index in [0.717, 1.165) is 25.7 Å². The first kappa shape index (κ1) is 11.4. The Morgan fingerprint density at radius 1 is 1.12 bits per heavy atom. The molecule has 2 aliphatic rings. The van der Waals surface area contributed by atoms with Gasteiger partial charge in [-0.05, 0) is 45.4 Å². The van der Waals surface area contributed by atoms with E-state index in [1.54, 1.807) is 0 Å². The zero-order chi connectivity index (χ0) is 11.8. The van der Waals surface area contributed by atoms with Crippen molar-refractivity contribution in [3.8, 4) is 0 Å². The lowest BCUT2D eigenvalue weighted by Crippen LogP contribution is -2.40. The molecular formula is C12H19NO3. The Labute approximate surface area is 95.4 Å². The fourth-order valence-corrected chi connectivity index (χ4v) is 2.31. The van der Waals surface area contributed by atoms with Crippen LogP contribution in [0.15, 0.2) is 0 Å².